The summed E-state index contributed by atoms with van der Waals surface area (Å²) in [6.45, 7) is 2.80. The van der Waals surface area contributed by atoms with E-state index in [-0.39, 0.29) is 11.7 Å². The number of halogens is 1. The highest BCUT2D eigenvalue weighted by Crippen LogP contribution is 2.38. The van der Waals surface area contributed by atoms with Gasteiger partial charge in [-0.25, -0.2) is 4.39 Å². The predicted octanol–water partition coefficient (Wildman–Crippen LogP) is 2.06. The zero-order valence-electron chi connectivity index (χ0n) is 9.67. The normalized spacial score (nSPS) is 23.5. The SMILES string of the molecule is Fc1c(C2CCCNC2)ccc2c1OCCO2. The molecule has 1 N–H and O–H groups in total. The Morgan fingerprint density at radius 1 is 1.24 bits per heavy atom. The van der Waals surface area contributed by atoms with Crippen LogP contribution in [0.3, 0.4) is 0 Å². The topological polar surface area (TPSA) is 30.5 Å². The second-order valence-electron chi connectivity index (χ2n) is 4.54. The zero-order chi connectivity index (χ0) is 11.7. The number of hydrogen-bond donors (Lipinski definition) is 1. The largest absolute Gasteiger partial charge is 0.486 e. The van der Waals surface area contributed by atoms with Crippen LogP contribution < -0.4 is 14.8 Å². The van der Waals surface area contributed by atoms with E-state index in [1.165, 1.54) is 0 Å². The van der Waals surface area contributed by atoms with Crippen molar-refractivity contribution < 1.29 is 13.9 Å². The number of hydrogen-bond acceptors (Lipinski definition) is 3. The van der Waals surface area contributed by atoms with Gasteiger partial charge >= 0.3 is 0 Å². The van der Waals surface area contributed by atoms with Crippen molar-refractivity contribution in [3.63, 3.8) is 0 Å². The monoisotopic (exact) mass is 237 g/mol. The third-order valence-electron chi connectivity index (χ3n) is 3.41. The molecule has 2 heterocycles. The second kappa shape index (κ2) is 4.53. The average molecular weight is 237 g/mol. The summed E-state index contributed by atoms with van der Waals surface area (Å²) in [7, 11) is 0. The van der Waals surface area contributed by atoms with Crippen LogP contribution in [-0.2, 0) is 0 Å². The second-order valence-corrected chi connectivity index (χ2v) is 4.54. The van der Waals surface area contributed by atoms with E-state index in [9.17, 15) is 4.39 Å². The number of fused-ring (bicyclic) bond motifs is 1. The van der Waals surface area contributed by atoms with Crippen molar-refractivity contribution in [1.29, 1.82) is 0 Å². The van der Waals surface area contributed by atoms with Gasteiger partial charge < -0.3 is 14.8 Å². The summed E-state index contributed by atoms with van der Waals surface area (Å²) < 4.78 is 25.0. The van der Waals surface area contributed by atoms with Gasteiger partial charge in [0.2, 0.25) is 0 Å². The summed E-state index contributed by atoms with van der Waals surface area (Å²) in [6.07, 6.45) is 2.13. The Morgan fingerprint density at radius 3 is 2.94 bits per heavy atom. The summed E-state index contributed by atoms with van der Waals surface area (Å²) in [5.74, 6) is 0.830. The quantitative estimate of drug-likeness (QED) is 0.811. The fourth-order valence-corrected chi connectivity index (χ4v) is 2.53. The lowest BCUT2D eigenvalue weighted by molar-refractivity contribution is 0.163. The van der Waals surface area contributed by atoms with Crippen molar-refractivity contribution in [3.05, 3.63) is 23.5 Å². The molecule has 1 aromatic rings. The van der Waals surface area contributed by atoms with Gasteiger partial charge in [0, 0.05) is 6.54 Å². The van der Waals surface area contributed by atoms with Gasteiger partial charge in [-0.05, 0) is 36.9 Å². The van der Waals surface area contributed by atoms with E-state index in [0.29, 0.717) is 24.7 Å². The first-order valence-corrected chi connectivity index (χ1v) is 6.15. The van der Waals surface area contributed by atoms with Crippen LogP contribution in [0.25, 0.3) is 0 Å². The van der Waals surface area contributed by atoms with Crippen molar-refractivity contribution in [2.75, 3.05) is 26.3 Å². The Bertz CT molecular complexity index is 416. The van der Waals surface area contributed by atoms with E-state index in [4.69, 9.17) is 9.47 Å². The molecular weight excluding hydrogens is 221 g/mol. The summed E-state index contributed by atoms with van der Waals surface area (Å²) in [5.41, 5.74) is 0.751. The first kappa shape index (κ1) is 10.8. The first-order valence-electron chi connectivity index (χ1n) is 6.15. The van der Waals surface area contributed by atoms with Gasteiger partial charge in [0.15, 0.2) is 17.3 Å². The number of ether oxygens (including phenoxy) is 2. The molecule has 4 heteroatoms. The molecule has 0 spiro atoms. The molecule has 0 bridgehead atoms. The Kier molecular flexibility index (Phi) is 2.89. The first-order chi connectivity index (χ1) is 8.36. The van der Waals surface area contributed by atoms with Gasteiger partial charge in [0.1, 0.15) is 13.2 Å². The minimum atomic E-state index is -0.240. The Balaban J connectivity index is 1.94. The van der Waals surface area contributed by atoms with Crippen LogP contribution in [0.1, 0.15) is 24.3 Å². The Morgan fingerprint density at radius 2 is 2.12 bits per heavy atom. The van der Waals surface area contributed by atoms with Gasteiger partial charge in [-0.1, -0.05) is 6.07 Å². The van der Waals surface area contributed by atoms with E-state index in [2.05, 4.69) is 5.32 Å². The van der Waals surface area contributed by atoms with E-state index in [1.54, 1.807) is 0 Å². The number of piperidine rings is 1. The Labute approximate surface area is 99.9 Å². The van der Waals surface area contributed by atoms with E-state index >= 15 is 0 Å². The molecule has 0 amide bonds. The lowest BCUT2D eigenvalue weighted by atomic mass is 9.91. The molecule has 0 radical (unpaired) electrons. The standard InChI is InChI=1S/C13H16FNO2/c14-12-10(9-2-1-5-15-8-9)3-4-11-13(12)17-7-6-16-11/h3-4,9,15H,1-2,5-8H2. The predicted molar refractivity (Wildman–Crippen MR) is 62.2 cm³/mol. The lowest BCUT2D eigenvalue weighted by Crippen LogP contribution is -2.29. The molecule has 92 valence electrons. The van der Waals surface area contributed by atoms with Crippen LogP contribution in [0, 0.1) is 5.82 Å². The van der Waals surface area contributed by atoms with Gasteiger partial charge in [-0.3, -0.25) is 0 Å². The summed E-state index contributed by atoms with van der Waals surface area (Å²) in [6, 6.07) is 3.65. The van der Waals surface area contributed by atoms with Crippen LogP contribution in [-0.4, -0.2) is 26.3 Å². The number of nitrogens with one attached hydrogen (secondary N) is 1. The zero-order valence-corrected chi connectivity index (χ0v) is 9.67. The number of benzene rings is 1. The van der Waals surface area contributed by atoms with Crippen molar-refractivity contribution in [1.82, 2.24) is 5.32 Å². The van der Waals surface area contributed by atoms with E-state index in [1.807, 2.05) is 12.1 Å². The van der Waals surface area contributed by atoms with Crippen molar-refractivity contribution in [2.24, 2.45) is 0 Å². The average Bonchev–Trinajstić information content (AvgIpc) is 2.40. The van der Waals surface area contributed by atoms with Crippen molar-refractivity contribution >= 4 is 0 Å². The molecule has 1 saturated heterocycles. The van der Waals surface area contributed by atoms with Crippen molar-refractivity contribution in [2.45, 2.75) is 18.8 Å². The van der Waals surface area contributed by atoms with Gasteiger partial charge in [-0.15, -0.1) is 0 Å². The summed E-state index contributed by atoms with van der Waals surface area (Å²) >= 11 is 0. The highest BCUT2D eigenvalue weighted by molar-refractivity contribution is 5.46. The maximum atomic E-state index is 14.3. The molecule has 3 rings (SSSR count). The smallest absolute Gasteiger partial charge is 0.197 e. The van der Waals surface area contributed by atoms with Crippen LogP contribution in [0.2, 0.25) is 0 Å². The minimum Gasteiger partial charge on any atom is -0.486 e. The summed E-state index contributed by atoms with van der Waals surface area (Å²) in [4.78, 5) is 0. The minimum absolute atomic E-state index is 0.240. The molecule has 2 aliphatic rings. The molecule has 1 fully saturated rings. The number of rotatable bonds is 1. The molecule has 17 heavy (non-hydrogen) atoms. The molecule has 1 unspecified atom stereocenters. The third kappa shape index (κ3) is 1.97. The fourth-order valence-electron chi connectivity index (χ4n) is 2.53. The lowest BCUT2D eigenvalue weighted by Gasteiger charge is -2.26. The molecule has 0 aromatic heterocycles. The van der Waals surface area contributed by atoms with Crippen LogP contribution in [0.5, 0.6) is 11.5 Å². The van der Waals surface area contributed by atoms with Crippen LogP contribution in [0.4, 0.5) is 4.39 Å². The van der Waals surface area contributed by atoms with Gasteiger partial charge in [0.25, 0.3) is 0 Å². The highest BCUT2D eigenvalue weighted by Gasteiger charge is 2.24. The van der Waals surface area contributed by atoms with Gasteiger partial charge in [-0.2, -0.15) is 0 Å². The molecule has 1 atom stereocenters. The molecule has 3 nitrogen and oxygen atoms in total. The van der Waals surface area contributed by atoms with E-state index < -0.39 is 0 Å². The molecule has 0 aliphatic carbocycles. The maximum absolute atomic E-state index is 14.3. The molecule has 1 aromatic carbocycles. The fraction of sp³-hybridized carbons (Fsp3) is 0.538. The van der Waals surface area contributed by atoms with Crippen LogP contribution in [0.15, 0.2) is 12.1 Å². The van der Waals surface area contributed by atoms with E-state index in [0.717, 1.165) is 31.5 Å². The summed E-state index contributed by atoms with van der Waals surface area (Å²) in [5, 5.41) is 3.30. The molecule has 2 aliphatic heterocycles. The van der Waals surface area contributed by atoms with Gasteiger partial charge in [0.05, 0.1) is 0 Å². The molecule has 0 saturated carbocycles. The maximum Gasteiger partial charge on any atom is 0.197 e. The third-order valence-corrected chi connectivity index (χ3v) is 3.41. The molecular formula is C13H16FNO2. The van der Waals surface area contributed by atoms with Crippen LogP contribution >= 0.6 is 0 Å². The van der Waals surface area contributed by atoms with Crippen molar-refractivity contribution in [3.8, 4) is 11.5 Å². The highest BCUT2D eigenvalue weighted by atomic mass is 19.1. The Hall–Kier alpha value is -1.29.